The van der Waals surface area contributed by atoms with E-state index in [4.69, 9.17) is 4.98 Å². The normalized spacial score (nSPS) is 16.4. The van der Waals surface area contributed by atoms with Crippen LogP contribution in [0.25, 0.3) is 11.5 Å². The lowest BCUT2D eigenvalue weighted by Gasteiger charge is -2.20. The van der Waals surface area contributed by atoms with Crippen molar-refractivity contribution in [2.45, 2.75) is 25.2 Å². The average molecular weight is 361 g/mol. The van der Waals surface area contributed by atoms with Crippen molar-refractivity contribution in [1.82, 2.24) is 24.7 Å². The minimum absolute atomic E-state index is 0.159. The highest BCUT2D eigenvalue weighted by molar-refractivity contribution is 5.78. The molecule has 0 atom stereocenters. The summed E-state index contributed by atoms with van der Waals surface area (Å²) in [4.78, 5) is 26.8. The maximum absolute atomic E-state index is 10.8. The fourth-order valence-electron chi connectivity index (χ4n) is 3.81. The van der Waals surface area contributed by atoms with Gasteiger partial charge < -0.3 is 10.2 Å². The molecule has 1 fully saturated rings. The summed E-state index contributed by atoms with van der Waals surface area (Å²) < 4.78 is 1.74. The third-order valence-corrected chi connectivity index (χ3v) is 5.33. The molecule has 27 heavy (non-hydrogen) atoms. The number of amides is 1. The van der Waals surface area contributed by atoms with Crippen LogP contribution in [0, 0.1) is 6.92 Å². The maximum Gasteiger partial charge on any atom is 0.212 e. The quantitative estimate of drug-likeness (QED) is 0.718. The molecule has 0 radical (unpaired) electrons. The molecule has 0 unspecified atom stereocenters. The molecule has 1 aliphatic heterocycles. The molecule has 1 spiro atoms. The Morgan fingerprint density at radius 3 is 2.81 bits per heavy atom. The van der Waals surface area contributed by atoms with Crippen molar-refractivity contribution in [2.75, 3.05) is 16.8 Å². The summed E-state index contributed by atoms with van der Waals surface area (Å²) in [5.41, 5.74) is 4.08. The molecule has 3 aromatic rings. The molecule has 4 heterocycles. The number of hydrogen-bond acceptors (Lipinski definition) is 6. The van der Waals surface area contributed by atoms with Gasteiger partial charge >= 0.3 is 0 Å². The van der Waals surface area contributed by atoms with Gasteiger partial charge in [-0.25, -0.2) is 15.0 Å². The highest BCUT2D eigenvalue weighted by Gasteiger charge is 2.52. The first-order valence-electron chi connectivity index (χ1n) is 8.92. The van der Waals surface area contributed by atoms with Crippen molar-refractivity contribution in [3.05, 3.63) is 41.9 Å². The fraction of sp³-hybridized carbons (Fsp3) is 0.316. The third kappa shape index (κ3) is 2.56. The second-order valence-electron chi connectivity index (χ2n) is 7.28. The Morgan fingerprint density at radius 2 is 2.11 bits per heavy atom. The zero-order valence-corrected chi connectivity index (χ0v) is 15.2. The molecule has 1 amide bonds. The lowest BCUT2D eigenvalue weighted by Crippen LogP contribution is -2.20. The van der Waals surface area contributed by atoms with Crippen LogP contribution in [-0.4, -0.2) is 37.7 Å². The van der Waals surface area contributed by atoms with E-state index in [1.807, 2.05) is 44.6 Å². The lowest BCUT2D eigenvalue weighted by molar-refractivity contribution is -0.105. The number of rotatable bonds is 4. The molecule has 8 heteroatoms. The number of anilines is 3. The topological polar surface area (TPSA) is 88.8 Å². The Hall–Kier alpha value is -3.29. The van der Waals surface area contributed by atoms with Crippen molar-refractivity contribution < 1.29 is 4.79 Å². The van der Waals surface area contributed by atoms with E-state index in [9.17, 15) is 4.79 Å². The smallest absolute Gasteiger partial charge is 0.212 e. The van der Waals surface area contributed by atoms with Crippen LogP contribution < -0.4 is 10.2 Å². The largest absolute Gasteiger partial charge is 0.325 e. The number of carbonyl (C=O) groups is 1. The van der Waals surface area contributed by atoms with Crippen LogP contribution in [0.3, 0.4) is 0 Å². The van der Waals surface area contributed by atoms with Crippen LogP contribution >= 0.6 is 0 Å². The zero-order chi connectivity index (χ0) is 18.6. The van der Waals surface area contributed by atoms with Gasteiger partial charge in [-0.15, -0.1) is 0 Å². The second-order valence-corrected chi connectivity index (χ2v) is 7.28. The molecule has 1 saturated carbocycles. The SMILES string of the molecule is Cc1cc(N2CC3(CC3)c3cnc(NC=O)cc32)nc(-c2ccn(C)n2)n1. The van der Waals surface area contributed by atoms with Crippen molar-refractivity contribution in [1.29, 1.82) is 0 Å². The zero-order valence-electron chi connectivity index (χ0n) is 15.2. The number of pyridine rings is 1. The van der Waals surface area contributed by atoms with E-state index < -0.39 is 0 Å². The van der Waals surface area contributed by atoms with E-state index in [0.717, 1.165) is 42.3 Å². The number of aromatic nitrogens is 5. The monoisotopic (exact) mass is 361 g/mol. The first kappa shape index (κ1) is 15.9. The summed E-state index contributed by atoms with van der Waals surface area (Å²) in [6, 6.07) is 5.83. The summed E-state index contributed by atoms with van der Waals surface area (Å²) >= 11 is 0. The molecule has 1 N–H and O–H groups in total. The van der Waals surface area contributed by atoms with Crippen molar-refractivity contribution in [3.8, 4) is 11.5 Å². The molecule has 136 valence electrons. The highest BCUT2D eigenvalue weighted by atomic mass is 16.1. The van der Waals surface area contributed by atoms with Crippen LogP contribution in [0.2, 0.25) is 0 Å². The molecule has 0 aromatic carbocycles. The summed E-state index contributed by atoms with van der Waals surface area (Å²) in [5.74, 6) is 2.00. The van der Waals surface area contributed by atoms with Gasteiger partial charge in [0.15, 0.2) is 5.82 Å². The van der Waals surface area contributed by atoms with Gasteiger partial charge in [0.05, 0.1) is 5.69 Å². The van der Waals surface area contributed by atoms with Crippen LogP contribution in [-0.2, 0) is 17.3 Å². The van der Waals surface area contributed by atoms with Gasteiger partial charge in [-0.3, -0.25) is 9.48 Å². The molecule has 0 bridgehead atoms. The van der Waals surface area contributed by atoms with Gasteiger partial charge in [0, 0.05) is 54.8 Å². The Morgan fingerprint density at radius 1 is 1.26 bits per heavy atom. The van der Waals surface area contributed by atoms with E-state index in [1.165, 1.54) is 5.56 Å². The van der Waals surface area contributed by atoms with E-state index in [0.29, 0.717) is 18.1 Å². The molecule has 3 aromatic heterocycles. The molecule has 1 aliphatic carbocycles. The summed E-state index contributed by atoms with van der Waals surface area (Å²) in [5, 5.41) is 7.07. The molecular weight excluding hydrogens is 342 g/mol. The Kier molecular flexibility index (Phi) is 3.30. The summed E-state index contributed by atoms with van der Waals surface area (Å²) in [6.45, 7) is 2.83. The average Bonchev–Trinajstić information content (AvgIpc) is 3.18. The van der Waals surface area contributed by atoms with Crippen molar-refractivity contribution >= 4 is 23.7 Å². The van der Waals surface area contributed by atoms with Gasteiger partial charge in [-0.1, -0.05) is 0 Å². The number of nitrogens with one attached hydrogen (secondary N) is 1. The fourth-order valence-corrected chi connectivity index (χ4v) is 3.81. The number of nitrogens with zero attached hydrogens (tertiary/aromatic N) is 6. The molecule has 5 rings (SSSR count). The Balaban J connectivity index is 1.61. The summed E-state index contributed by atoms with van der Waals surface area (Å²) in [7, 11) is 1.88. The minimum Gasteiger partial charge on any atom is -0.325 e. The van der Waals surface area contributed by atoms with E-state index in [1.54, 1.807) is 4.68 Å². The predicted octanol–water partition coefficient (Wildman–Crippen LogP) is 2.33. The number of aryl methyl sites for hydroxylation is 2. The van der Waals surface area contributed by atoms with E-state index in [2.05, 4.69) is 25.3 Å². The van der Waals surface area contributed by atoms with Crippen molar-refractivity contribution in [2.24, 2.45) is 7.05 Å². The second kappa shape index (κ2) is 5.60. The number of hydrogen-bond donors (Lipinski definition) is 1. The Labute approximate surface area is 156 Å². The van der Waals surface area contributed by atoms with Crippen molar-refractivity contribution in [3.63, 3.8) is 0 Å². The highest BCUT2D eigenvalue weighted by Crippen LogP contribution is 2.58. The Bertz CT molecular complexity index is 1050. The molecule has 8 nitrogen and oxygen atoms in total. The lowest BCUT2D eigenvalue weighted by atomic mass is 10.0. The standard InChI is InChI=1S/C19H19N7O/c1-12-7-17(23-18(22-12)14-3-6-25(2)24-14)26-10-19(4-5-19)13-9-20-16(21-11-27)8-15(13)26/h3,6-9,11H,4-5,10H2,1-2H3,(H,20,21,27). The first-order chi connectivity index (χ1) is 13.1. The molecule has 2 aliphatic rings. The first-order valence-corrected chi connectivity index (χ1v) is 8.92. The number of carbonyl (C=O) groups excluding carboxylic acids is 1. The van der Waals surface area contributed by atoms with Gasteiger partial charge in [0.1, 0.15) is 17.3 Å². The van der Waals surface area contributed by atoms with Gasteiger partial charge in [0.25, 0.3) is 0 Å². The minimum atomic E-state index is 0.159. The van der Waals surface area contributed by atoms with Gasteiger partial charge in [-0.2, -0.15) is 5.10 Å². The van der Waals surface area contributed by atoms with E-state index in [-0.39, 0.29) is 5.41 Å². The third-order valence-electron chi connectivity index (χ3n) is 5.33. The van der Waals surface area contributed by atoms with Crippen LogP contribution in [0.15, 0.2) is 30.6 Å². The molecular formula is C19H19N7O. The number of fused-ring (bicyclic) bond motifs is 2. The van der Waals surface area contributed by atoms with Gasteiger partial charge in [-0.05, 0) is 25.8 Å². The van der Waals surface area contributed by atoms with Crippen LogP contribution in [0.5, 0.6) is 0 Å². The predicted molar refractivity (Wildman–Crippen MR) is 101 cm³/mol. The molecule has 0 saturated heterocycles. The van der Waals surface area contributed by atoms with Crippen LogP contribution in [0.4, 0.5) is 17.3 Å². The van der Waals surface area contributed by atoms with Crippen LogP contribution in [0.1, 0.15) is 24.1 Å². The maximum atomic E-state index is 10.8. The summed E-state index contributed by atoms with van der Waals surface area (Å²) in [6.07, 6.45) is 6.72. The van der Waals surface area contributed by atoms with E-state index >= 15 is 0 Å². The van der Waals surface area contributed by atoms with Gasteiger partial charge in [0.2, 0.25) is 6.41 Å².